The summed E-state index contributed by atoms with van der Waals surface area (Å²) < 4.78 is 12.0. The number of carbonyl (C=O) groups is 1. The van der Waals surface area contributed by atoms with Crippen molar-refractivity contribution in [1.29, 1.82) is 0 Å². The first-order valence-electron chi connectivity index (χ1n) is 12.2. The Morgan fingerprint density at radius 1 is 0.971 bits per heavy atom. The summed E-state index contributed by atoms with van der Waals surface area (Å²) in [6.07, 6.45) is 2.90. The first-order valence-corrected chi connectivity index (χ1v) is 12.2. The number of rotatable bonds is 7. The summed E-state index contributed by atoms with van der Waals surface area (Å²) in [5.74, 6) is 0.513. The normalized spacial score (nSPS) is 15.0. The molecule has 0 N–H and O–H groups in total. The van der Waals surface area contributed by atoms with E-state index in [1.807, 2.05) is 67.6 Å². The molecule has 4 aromatic rings. The van der Waals surface area contributed by atoms with Crippen LogP contribution in [0.25, 0.3) is 11.0 Å². The van der Waals surface area contributed by atoms with Crippen molar-refractivity contribution >= 4 is 22.6 Å². The average Bonchev–Trinajstić information content (AvgIpc) is 3.17. The Labute approximate surface area is 205 Å². The van der Waals surface area contributed by atoms with Crippen molar-refractivity contribution in [3.8, 4) is 5.75 Å². The lowest BCUT2D eigenvalue weighted by atomic mass is 9.97. The minimum atomic E-state index is -0.610. The van der Waals surface area contributed by atoms with Gasteiger partial charge in [-0.15, -0.1) is 0 Å². The van der Waals surface area contributed by atoms with Crippen LogP contribution in [0.1, 0.15) is 65.5 Å². The molecule has 0 bridgehead atoms. The topological polar surface area (TPSA) is 59.8 Å². The molecule has 0 saturated heterocycles. The first kappa shape index (κ1) is 22.9. The third-order valence-electron chi connectivity index (χ3n) is 6.59. The van der Waals surface area contributed by atoms with Gasteiger partial charge in [-0.25, -0.2) is 0 Å². The van der Waals surface area contributed by atoms with Gasteiger partial charge in [-0.1, -0.05) is 56.2 Å². The molecule has 1 aliphatic rings. The Morgan fingerprint density at radius 3 is 2.51 bits per heavy atom. The van der Waals surface area contributed by atoms with Crippen molar-refractivity contribution in [2.75, 3.05) is 11.5 Å². The number of unbranched alkanes of at least 4 members (excludes halogenated alkanes) is 1. The van der Waals surface area contributed by atoms with Gasteiger partial charge in [-0.3, -0.25) is 14.5 Å². The maximum absolute atomic E-state index is 13.8. The van der Waals surface area contributed by atoms with E-state index < -0.39 is 6.04 Å². The number of hydrogen-bond acceptors (Lipinski definition) is 4. The summed E-state index contributed by atoms with van der Waals surface area (Å²) in [6.45, 7) is 6.77. The quantitative estimate of drug-likeness (QED) is 0.288. The molecule has 5 heteroatoms. The minimum Gasteiger partial charge on any atom is -0.494 e. The second kappa shape index (κ2) is 9.41. The van der Waals surface area contributed by atoms with Crippen LogP contribution in [0, 0.1) is 6.92 Å². The first-order chi connectivity index (χ1) is 17.0. The molecule has 1 aliphatic heterocycles. The largest absolute Gasteiger partial charge is 0.494 e. The molecular weight excluding hydrogens is 438 g/mol. The second-order valence-electron chi connectivity index (χ2n) is 9.05. The molecule has 1 amide bonds. The summed E-state index contributed by atoms with van der Waals surface area (Å²) in [5.41, 5.74) is 4.30. The Bertz CT molecular complexity index is 1450. The van der Waals surface area contributed by atoms with Crippen LogP contribution in [-0.4, -0.2) is 12.5 Å². The van der Waals surface area contributed by atoms with Gasteiger partial charge in [0.05, 0.1) is 23.6 Å². The van der Waals surface area contributed by atoms with Gasteiger partial charge in [0, 0.05) is 5.69 Å². The monoisotopic (exact) mass is 467 g/mol. The molecule has 5 rings (SSSR count). The van der Waals surface area contributed by atoms with Crippen molar-refractivity contribution in [1.82, 2.24) is 0 Å². The molecule has 0 radical (unpaired) electrons. The summed E-state index contributed by atoms with van der Waals surface area (Å²) >= 11 is 0. The van der Waals surface area contributed by atoms with Crippen molar-refractivity contribution in [2.24, 2.45) is 0 Å². The average molecular weight is 468 g/mol. The molecule has 1 aromatic heterocycles. The number of hydrogen-bond donors (Lipinski definition) is 0. The molecular formula is C30H29NO4. The van der Waals surface area contributed by atoms with Crippen LogP contribution >= 0.6 is 0 Å². The fraction of sp³-hybridized carbons (Fsp3) is 0.267. The molecule has 35 heavy (non-hydrogen) atoms. The number of aryl methyl sites for hydroxylation is 2. The van der Waals surface area contributed by atoms with E-state index in [1.165, 1.54) is 5.56 Å². The maximum Gasteiger partial charge on any atom is 0.295 e. The summed E-state index contributed by atoms with van der Waals surface area (Å²) in [5, 5.41) is 0.486. The Hall–Kier alpha value is -3.86. The summed E-state index contributed by atoms with van der Waals surface area (Å²) in [7, 11) is 0. The standard InChI is InChI=1S/C30H29NO4/c1-4-6-16-34-23-9-7-8-21(18-23)27-26-28(32)24-17-19(3)10-15-25(24)35-29(26)30(33)31(27)22-13-11-20(5-2)12-14-22/h7-15,17-18,27H,4-6,16H2,1-3H3. The highest BCUT2D eigenvalue weighted by Gasteiger charge is 2.43. The second-order valence-corrected chi connectivity index (χ2v) is 9.05. The van der Waals surface area contributed by atoms with Crippen LogP contribution < -0.4 is 15.1 Å². The van der Waals surface area contributed by atoms with Gasteiger partial charge >= 0.3 is 0 Å². The number of ether oxygens (including phenoxy) is 1. The zero-order valence-corrected chi connectivity index (χ0v) is 20.3. The van der Waals surface area contributed by atoms with Crippen LogP contribution in [0.5, 0.6) is 5.75 Å². The highest BCUT2D eigenvalue weighted by molar-refractivity contribution is 6.10. The van der Waals surface area contributed by atoms with Gasteiger partial charge in [0.15, 0.2) is 5.43 Å². The van der Waals surface area contributed by atoms with Gasteiger partial charge in [0.25, 0.3) is 5.91 Å². The van der Waals surface area contributed by atoms with E-state index in [0.29, 0.717) is 23.1 Å². The van der Waals surface area contributed by atoms with E-state index in [0.717, 1.165) is 41.8 Å². The van der Waals surface area contributed by atoms with Crippen molar-refractivity contribution < 1.29 is 13.9 Å². The smallest absolute Gasteiger partial charge is 0.295 e. The van der Waals surface area contributed by atoms with Crippen molar-refractivity contribution in [2.45, 2.75) is 46.1 Å². The van der Waals surface area contributed by atoms with Crippen LogP contribution in [0.15, 0.2) is 75.9 Å². The molecule has 1 atom stereocenters. The zero-order chi connectivity index (χ0) is 24.5. The van der Waals surface area contributed by atoms with E-state index in [-0.39, 0.29) is 17.1 Å². The third-order valence-corrected chi connectivity index (χ3v) is 6.59. The van der Waals surface area contributed by atoms with Crippen LogP contribution in [-0.2, 0) is 6.42 Å². The Kier molecular flexibility index (Phi) is 6.16. The molecule has 1 unspecified atom stereocenters. The van der Waals surface area contributed by atoms with Crippen LogP contribution in [0.4, 0.5) is 5.69 Å². The van der Waals surface area contributed by atoms with Gasteiger partial charge in [0.1, 0.15) is 11.3 Å². The van der Waals surface area contributed by atoms with E-state index >= 15 is 0 Å². The molecule has 0 saturated carbocycles. The van der Waals surface area contributed by atoms with Crippen molar-refractivity contribution in [3.05, 3.63) is 105 Å². The predicted molar refractivity (Wildman–Crippen MR) is 139 cm³/mol. The molecule has 3 aromatic carbocycles. The number of amides is 1. The molecule has 0 aliphatic carbocycles. The van der Waals surface area contributed by atoms with Crippen LogP contribution in [0.3, 0.4) is 0 Å². The zero-order valence-electron chi connectivity index (χ0n) is 20.3. The van der Waals surface area contributed by atoms with Gasteiger partial charge in [-0.05, 0) is 67.3 Å². The molecule has 0 fully saturated rings. The third kappa shape index (κ3) is 4.12. The summed E-state index contributed by atoms with van der Waals surface area (Å²) in [6, 6.07) is 20.4. The summed E-state index contributed by atoms with van der Waals surface area (Å²) in [4.78, 5) is 29.2. The highest BCUT2D eigenvalue weighted by atomic mass is 16.5. The number of fused-ring (bicyclic) bond motifs is 2. The lowest BCUT2D eigenvalue weighted by Crippen LogP contribution is -2.29. The lowest BCUT2D eigenvalue weighted by Gasteiger charge is -2.25. The number of anilines is 1. The van der Waals surface area contributed by atoms with E-state index in [4.69, 9.17) is 9.15 Å². The fourth-order valence-corrected chi connectivity index (χ4v) is 4.67. The maximum atomic E-state index is 13.8. The van der Waals surface area contributed by atoms with E-state index in [2.05, 4.69) is 13.8 Å². The fourth-order valence-electron chi connectivity index (χ4n) is 4.67. The number of benzene rings is 3. The molecule has 0 spiro atoms. The molecule has 178 valence electrons. The lowest BCUT2D eigenvalue weighted by molar-refractivity contribution is 0.0971. The van der Waals surface area contributed by atoms with E-state index in [1.54, 1.807) is 11.0 Å². The van der Waals surface area contributed by atoms with Gasteiger partial charge in [0.2, 0.25) is 5.76 Å². The van der Waals surface area contributed by atoms with Gasteiger partial charge < -0.3 is 9.15 Å². The molecule has 2 heterocycles. The number of carbonyl (C=O) groups excluding carboxylic acids is 1. The highest BCUT2D eigenvalue weighted by Crippen LogP contribution is 2.42. The van der Waals surface area contributed by atoms with Gasteiger partial charge in [-0.2, -0.15) is 0 Å². The number of nitrogens with zero attached hydrogens (tertiary/aromatic N) is 1. The van der Waals surface area contributed by atoms with E-state index in [9.17, 15) is 9.59 Å². The Balaban J connectivity index is 1.70. The predicted octanol–water partition coefficient (Wildman–Crippen LogP) is 6.59. The minimum absolute atomic E-state index is 0.105. The SMILES string of the molecule is CCCCOc1cccc(C2c3c(oc4ccc(C)cc4c3=O)C(=O)N2c2ccc(CC)cc2)c1. The van der Waals surface area contributed by atoms with Crippen molar-refractivity contribution in [3.63, 3.8) is 0 Å². The molecule has 5 nitrogen and oxygen atoms in total. The van der Waals surface area contributed by atoms with Crippen LogP contribution in [0.2, 0.25) is 0 Å². The Morgan fingerprint density at radius 2 is 1.77 bits per heavy atom.